The Morgan fingerprint density at radius 1 is 0.827 bits per heavy atom. The maximum atomic E-state index is 5.65. The number of hydrogen-bond acceptors (Lipinski definition) is 5. The van der Waals surface area contributed by atoms with E-state index in [1.54, 1.807) is 6.20 Å². The number of unbranched alkanes of at least 4 members (excludes halogenated alkanes) is 1. The molecule has 4 aliphatic rings. The molecule has 6 aromatic rings. The van der Waals surface area contributed by atoms with Gasteiger partial charge in [-0.15, -0.1) is 0 Å². The van der Waals surface area contributed by atoms with Gasteiger partial charge in [0, 0.05) is 0 Å². The van der Waals surface area contributed by atoms with Crippen LogP contribution < -0.4 is 21.8 Å². The fourth-order valence-electron chi connectivity index (χ4n) is 8.88. The third-order valence-corrected chi connectivity index (χ3v) is 23.1. The third kappa shape index (κ3) is 4.07. The van der Waals surface area contributed by atoms with Gasteiger partial charge in [0.05, 0.1) is 0 Å². The number of aromatic nitrogens is 3. The van der Waals surface area contributed by atoms with E-state index in [0.29, 0.717) is 0 Å². The Hall–Kier alpha value is -5.09. The molecule has 4 aromatic carbocycles. The molecule has 0 bridgehead atoms. The molecule has 0 aliphatic carbocycles. The second-order valence-electron chi connectivity index (χ2n) is 14.1. The predicted molar refractivity (Wildman–Crippen MR) is 204 cm³/mol. The molecule has 0 radical (unpaired) electrons. The molecule has 0 N–H and O–H groups in total. The number of azo groups is 1. The van der Waals surface area contributed by atoms with E-state index in [9.17, 15) is 0 Å². The summed E-state index contributed by atoms with van der Waals surface area (Å²) in [5, 5.41) is 10.9. The van der Waals surface area contributed by atoms with Crippen LogP contribution in [0.3, 0.4) is 0 Å². The van der Waals surface area contributed by atoms with E-state index in [4.69, 9.17) is 20.1 Å². The number of aryl methyl sites for hydroxylation is 2. The Balaban J connectivity index is 1.38. The molecule has 2 aromatic heterocycles. The second kappa shape index (κ2) is 11.7. The molecule has 258 valence electrons. The molecule has 1 atom stereocenters. The van der Waals surface area contributed by atoms with Crippen molar-refractivity contribution >= 4 is 38.5 Å². The Morgan fingerprint density at radius 2 is 1.67 bits per heavy atom. The molecule has 1 unspecified atom stereocenters. The van der Waals surface area contributed by atoms with Crippen LogP contribution in [0.5, 0.6) is 0 Å². The van der Waals surface area contributed by atoms with Gasteiger partial charge in [0.25, 0.3) is 0 Å². The Morgan fingerprint density at radius 3 is 2.50 bits per heavy atom. The molecule has 6 heterocycles. The third-order valence-electron chi connectivity index (χ3n) is 11.4. The van der Waals surface area contributed by atoms with Crippen LogP contribution in [0.1, 0.15) is 63.1 Å². The number of amidine groups is 1. The van der Waals surface area contributed by atoms with Crippen molar-refractivity contribution in [3.05, 3.63) is 147 Å². The first kappa shape index (κ1) is 31.6. The van der Waals surface area contributed by atoms with Crippen molar-refractivity contribution in [3.8, 4) is 11.3 Å². The Bertz CT molecular complexity index is 2670. The number of rotatable bonds is 6. The summed E-state index contributed by atoms with van der Waals surface area (Å²) in [4.78, 5) is 18.0. The molecule has 0 saturated heterocycles. The van der Waals surface area contributed by atoms with Crippen molar-refractivity contribution < 1.29 is 24.7 Å². The molecule has 8 heteroatoms. The van der Waals surface area contributed by atoms with Gasteiger partial charge < -0.3 is 0 Å². The minimum absolute atomic E-state index is 0.324. The van der Waals surface area contributed by atoms with Gasteiger partial charge in [-0.2, -0.15) is 0 Å². The van der Waals surface area contributed by atoms with Crippen LogP contribution in [-0.4, -0.2) is 27.2 Å². The first-order chi connectivity index (χ1) is 25.5. The Kier molecular flexibility index (Phi) is 7.13. The van der Waals surface area contributed by atoms with Crippen molar-refractivity contribution in [1.82, 2.24) is 14.9 Å². The van der Waals surface area contributed by atoms with E-state index in [2.05, 4.69) is 142 Å². The minimum atomic E-state index is -4.04. The monoisotopic (exact) mass is 794 g/mol. The number of halogens is 1. The SMILES string of the molecule is CCCCc1ccc2c(c1)c(C)cc1cc3c(cc12)[I-]1([N+]2=NC(c4ccccc4)=NC2=C2C=CC=CN2C1(CC)CC)[n+]1c-3ccc2nccnc21. The molecule has 1 spiro atoms. The summed E-state index contributed by atoms with van der Waals surface area (Å²) in [6.45, 7) is 9.27. The van der Waals surface area contributed by atoms with Crippen molar-refractivity contribution in [1.29, 1.82) is 0 Å². The van der Waals surface area contributed by atoms with Gasteiger partial charge in [-0.3, -0.25) is 0 Å². The van der Waals surface area contributed by atoms with Crippen molar-refractivity contribution in [2.45, 2.75) is 63.3 Å². The zero-order chi connectivity index (χ0) is 35.2. The molecular formula is C44H41IN7+. The van der Waals surface area contributed by atoms with Crippen molar-refractivity contribution in [3.63, 3.8) is 0 Å². The average Bonchev–Trinajstić information content (AvgIpc) is 3.77. The van der Waals surface area contributed by atoms with Crippen molar-refractivity contribution in [2.75, 3.05) is 0 Å². The molecule has 0 saturated carbocycles. The van der Waals surface area contributed by atoms with Crippen LogP contribution >= 0.6 is 0 Å². The van der Waals surface area contributed by atoms with E-state index in [0.717, 1.165) is 53.3 Å². The van der Waals surface area contributed by atoms with E-state index >= 15 is 0 Å². The number of allylic oxidation sites excluding steroid dienone is 3. The van der Waals surface area contributed by atoms with E-state index < -0.39 is 19.0 Å². The summed E-state index contributed by atoms with van der Waals surface area (Å²) in [6.07, 6.45) is 17.8. The van der Waals surface area contributed by atoms with E-state index in [1.165, 1.54) is 60.3 Å². The average molecular weight is 795 g/mol. The number of hydrogen-bond donors (Lipinski definition) is 0. The molecule has 52 heavy (non-hydrogen) atoms. The van der Waals surface area contributed by atoms with Crippen LogP contribution in [0, 0.1) is 10.5 Å². The summed E-state index contributed by atoms with van der Waals surface area (Å²) in [7, 11) is 0. The van der Waals surface area contributed by atoms with Gasteiger partial charge in [-0.1, -0.05) is 0 Å². The fourth-order valence-corrected chi connectivity index (χ4v) is 22.1. The summed E-state index contributed by atoms with van der Waals surface area (Å²) < 4.78 is 6.13. The standard InChI is InChI=1S/C44H41IN7/c1-5-8-14-30-18-19-33-34(26-30)29(4)25-32-27-36-37(28-35(32)33)45(51-39(36)21-20-38-42(51)47-23-22-46-38)44(6-2,7-3)50-24-13-12-17-40(50)43-48-41(49-52(43)45)31-15-10-9-11-16-31/h9-13,15-28H,5-8,14H2,1-4H3/q+1. The topological polar surface area (TPSA) is 60.6 Å². The summed E-state index contributed by atoms with van der Waals surface area (Å²) in [5.41, 5.74) is 9.09. The number of pyridine rings is 1. The van der Waals surface area contributed by atoms with Gasteiger partial charge in [0.2, 0.25) is 0 Å². The van der Waals surface area contributed by atoms with Crippen molar-refractivity contribution in [2.24, 2.45) is 10.1 Å². The normalized spacial score (nSPS) is 20.6. The molecule has 4 aliphatic heterocycles. The quantitative estimate of drug-likeness (QED) is 0.0631. The van der Waals surface area contributed by atoms with Gasteiger partial charge in [-0.05, 0) is 0 Å². The number of alkyl halides is 1. The zero-order valence-electron chi connectivity index (χ0n) is 30.0. The predicted octanol–water partition coefficient (Wildman–Crippen LogP) is 6.57. The maximum absolute atomic E-state index is 5.65. The molecule has 10 rings (SSSR count). The summed E-state index contributed by atoms with van der Waals surface area (Å²) in [6, 6.07) is 29.4. The molecule has 0 amide bonds. The second-order valence-corrected chi connectivity index (χ2v) is 22.0. The van der Waals surface area contributed by atoms with Crippen LogP contribution in [0.25, 0.3) is 44.0 Å². The van der Waals surface area contributed by atoms with E-state index in [-0.39, 0.29) is 3.55 Å². The zero-order valence-corrected chi connectivity index (χ0v) is 32.2. The number of fused-ring (bicyclic) bond motifs is 13. The molecular weight excluding hydrogens is 753 g/mol. The molecule has 7 nitrogen and oxygen atoms in total. The molecule has 0 fully saturated rings. The van der Waals surface area contributed by atoms with Gasteiger partial charge in [-0.25, -0.2) is 0 Å². The first-order valence-electron chi connectivity index (χ1n) is 18.5. The Labute approximate surface area is 308 Å². The fraction of sp³-hybridized carbons (Fsp3) is 0.227. The van der Waals surface area contributed by atoms with Gasteiger partial charge in [0.1, 0.15) is 0 Å². The van der Waals surface area contributed by atoms with Crippen LogP contribution in [0.15, 0.2) is 137 Å². The van der Waals surface area contributed by atoms with Crippen LogP contribution in [0.4, 0.5) is 0 Å². The number of benzene rings is 4. The van der Waals surface area contributed by atoms with Crippen LogP contribution in [0.2, 0.25) is 0 Å². The van der Waals surface area contributed by atoms with E-state index in [1.807, 2.05) is 6.20 Å². The van der Waals surface area contributed by atoms with Crippen LogP contribution in [-0.2, 0) is 6.42 Å². The summed E-state index contributed by atoms with van der Waals surface area (Å²) in [5.74, 6) is 1.66. The first-order valence-corrected chi connectivity index (χ1v) is 22.6. The number of nitrogens with zero attached hydrogens (tertiary/aromatic N) is 7. The van der Waals surface area contributed by atoms with Gasteiger partial charge >= 0.3 is 310 Å². The van der Waals surface area contributed by atoms with Gasteiger partial charge in [0.15, 0.2) is 0 Å². The number of aliphatic imine (C=N–C) groups is 1. The summed E-state index contributed by atoms with van der Waals surface area (Å²) >= 11 is -4.04.